The van der Waals surface area contributed by atoms with Crippen molar-refractivity contribution >= 4 is 32.6 Å². The number of benzene rings is 1. The fourth-order valence-electron chi connectivity index (χ4n) is 2.65. The zero-order valence-corrected chi connectivity index (χ0v) is 13.7. The number of rotatable bonds is 3. The zero-order chi connectivity index (χ0) is 15.9. The van der Waals surface area contributed by atoms with E-state index in [-0.39, 0.29) is 9.79 Å². The Balaban J connectivity index is 2.39. The molecule has 0 saturated carbocycles. The molecule has 0 aliphatic carbocycles. The predicted molar refractivity (Wildman–Crippen MR) is 88.6 cm³/mol. The van der Waals surface area contributed by atoms with Gasteiger partial charge in [0.25, 0.3) is 0 Å². The summed E-state index contributed by atoms with van der Waals surface area (Å²) >= 11 is 5.95. The second-order valence-electron chi connectivity index (χ2n) is 4.96. The van der Waals surface area contributed by atoms with Gasteiger partial charge < -0.3 is 9.72 Å². The quantitative estimate of drug-likeness (QED) is 0.793. The van der Waals surface area contributed by atoms with Crippen LogP contribution >= 0.6 is 11.6 Å². The molecule has 2 aromatic heterocycles. The van der Waals surface area contributed by atoms with E-state index < -0.39 is 9.84 Å². The second kappa shape index (κ2) is 5.34. The topological polar surface area (TPSA) is 50.6 Å². The number of aromatic nitrogens is 1. The molecule has 0 saturated heterocycles. The van der Waals surface area contributed by atoms with Crippen LogP contribution in [-0.2, 0) is 9.84 Å². The standard InChI is InChI=1S/C16H15ClN2O2S/c1-11-15(18-2)16(14-8-3-4-9-19(11)14)22(20,21)13-7-5-6-12(17)10-13/h3-10,18H,1-2H3. The van der Waals surface area contributed by atoms with E-state index in [4.69, 9.17) is 11.6 Å². The molecule has 0 amide bonds. The van der Waals surface area contributed by atoms with Gasteiger partial charge in [0, 0.05) is 24.0 Å². The first-order valence-electron chi connectivity index (χ1n) is 6.75. The molecule has 3 aromatic rings. The number of aryl methyl sites for hydroxylation is 1. The SMILES string of the molecule is CNc1c(S(=O)(=O)c2cccc(Cl)c2)c2ccccn2c1C. The molecule has 1 aromatic carbocycles. The van der Waals surface area contributed by atoms with Gasteiger partial charge in [0.2, 0.25) is 9.84 Å². The second-order valence-corrected chi connectivity index (χ2v) is 7.28. The van der Waals surface area contributed by atoms with Crippen LogP contribution in [0.4, 0.5) is 5.69 Å². The summed E-state index contributed by atoms with van der Waals surface area (Å²) in [6.45, 7) is 1.88. The van der Waals surface area contributed by atoms with Crippen molar-refractivity contribution in [1.29, 1.82) is 0 Å². The summed E-state index contributed by atoms with van der Waals surface area (Å²) in [6.07, 6.45) is 1.85. The van der Waals surface area contributed by atoms with Crippen LogP contribution in [0.5, 0.6) is 0 Å². The molecule has 0 aliphatic heterocycles. The average Bonchev–Trinajstić information content (AvgIpc) is 2.80. The van der Waals surface area contributed by atoms with Crippen LogP contribution in [0.3, 0.4) is 0 Å². The third-order valence-electron chi connectivity index (χ3n) is 3.67. The summed E-state index contributed by atoms with van der Waals surface area (Å²) in [4.78, 5) is 0.461. The molecule has 0 spiro atoms. The number of hydrogen-bond acceptors (Lipinski definition) is 3. The summed E-state index contributed by atoms with van der Waals surface area (Å²) in [7, 11) is -1.96. The van der Waals surface area contributed by atoms with E-state index >= 15 is 0 Å². The fourth-order valence-corrected chi connectivity index (χ4v) is 4.64. The van der Waals surface area contributed by atoms with Crippen molar-refractivity contribution in [2.24, 2.45) is 0 Å². The molecule has 0 fully saturated rings. The Bertz CT molecular complexity index is 961. The van der Waals surface area contributed by atoms with Crippen LogP contribution in [-0.4, -0.2) is 19.9 Å². The highest BCUT2D eigenvalue weighted by atomic mass is 35.5. The predicted octanol–water partition coefficient (Wildman–Crippen LogP) is 3.78. The zero-order valence-electron chi connectivity index (χ0n) is 12.2. The van der Waals surface area contributed by atoms with Gasteiger partial charge >= 0.3 is 0 Å². The van der Waals surface area contributed by atoms with E-state index in [1.54, 1.807) is 31.3 Å². The molecule has 114 valence electrons. The Morgan fingerprint density at radius 1 is 1.14 bits per heavy atom. The summed E-state index contributed by atoms with van der Waals surface area (Å²) in [5.74, 6) is 0. The van der Waals surface area contributed by atoms with E-state index in [1.165, 1.54) is 6.07 Å². The number of halogens is 1. The van der Waals surface area contributed by atoms with Gasteiger partial charge in [-0.05, 0) is 37.3 Å². The molecule has 22 heavy (non-hydrogen) atoms. The fraction of sp³-hybridized carbons (Fsp3) is 0.125. The van der Waals surface area contributed by atoms with E-state index in [2.05, 4.69) is 5.32 Å². The monoisotopic (exact) mass is 334 g/mol. The van der Waals surface area contributed by atoms with Crippen molar-refractivity contribution < 1.29 is 8.42 Å². The van der Waals surface area contributed by atoms with Gasteiger partial charge in [0.05, 0.1) is 16.1 Å². The molecule has 0 unspecified atom stereocenters. The lowest BCUT2D eigenvalue weighted by Gasteiger charge is -2.07. The van der Waals surface area contributed by atoms with E-state index in [0.29, 0.717) is 16.2 Å². The van der Waals surface area contributed by atoms with Crippen LogP contribution < -0.4 is 5.32 Å². The van der Waals surface area contributed by atoms with Gasteiger partial charge in [-0.3, -0.25) is 0 Å². The average molecular weight is 335 g/mol. The lowest BCUT2D eigenvalue weighted by molar-refractivity contribution is 0.597. The highest BCUT2D eigenvalue weighted by Gasteiger charge is 2.27. The van der Waals surface area contributed by atoms with E-state index in [0.717, 1.165) is 5.69 Å². The minimum absolute atomic E-state index is 0.188. The highest BCUT2D eigenvalue weighted by Crippen LogP contribution is 2.36. The first-order valence-corrected chi connectivity index (χ1v) is 8.61. The lowest BCUT2D eigenvalue weighted by atomic mass is 10.4. The van der Waals surface area contributed by atoms with Crippen LogP contribution in [0.2, 0.25) is 5.02 Å². The first-order chi connectivity index (χ1) is 10.5. The molecule has 2 heterocycles. The number of sulfone groups is 1. The lowest BCUT2D eigenvalue weighted by Crippen LogP contribution is -2.04. The van der Waals surface area contributed by atoms with Gasteiger partial charge in [-0.25, -0.2) is 8.42 Å². The van der Waals surface area contributed by atoms with Crippen LogP contribution in [0, 0.1) is 6.92 Å². The van der Waals surface area contributed by atoms with Crippen LogP contribution in [0.25, 0.3) is 5.52 Å². The minimum atomic E-state index is -3.68. The molecule has 0 bridgehead atoms. The molecule has 0 atom stereocenters. The van der Waals surface area contributed by atoms with Gasteiger partial charge in [0.15, 0.2) is 0 Å². The molecule has 0 aliphatic rings. The van der Waals surface area contributed by atoms with Crippen molar-refractivity contribution in [3.05, 3.63) is 59.4 Å². The molecular formula is C16H15ClN2O2S. The van der Waals surface area contributed by atoms with Crippen molar-refractivity contribution in [2.45, 2.75) is 16.7 Å². The largest absolute Gasteiger partial charge is 0.386 e. The Morgan fingerprint density at radius 3 is 2.59 bits per heavy atom. The van der Waals surface area contributed by atoms with Crippen LogP contribution in [0.15, 0.2) is 58.5 Å². The third-order valence-corrected chi connectivity index (χ3v) is 5.73. The smallest absolute Gasteiger partial charge is 0.210 e. The Labute approximate surface area is 134 Å². The van der Waals surface area contributed by atoms with E-state index in [1.807, 2.05) is 29.7 Å². The number of nitrogens with one attached hydrogen (secondary N) is 1. The van der Waals surface area contributed by atoms with Gasteiger partial charge in [-0.15, -0.1) is 0 Å². The van der Waals surface area contributed by atoms with Gasteiger partial charge in [-0.1, -0.05) is 23.7 Å². The van der Waals surface area contributed by atoms with Gasteiger partial charge in [0.1, 0.15) is 4.90 Å². The van der Waals surface area contributed by atoms with E-state index in [9.17, 15) is 8.42 Å². The molecule has 4 nitrogen and oxygen atoms in total. The third kappa shape index (κ3) is 2.17. The maximum atomic E-state index is 13.1. The Kier molecular flexibility index (Phi) is 3.62. The molecule has 6 heteroatoms. The maximum Gasteiger partial charge on any atom is 0.210 e. The summed E-state index contributed by atoms with van der Waals surface area (Å²) in [5, 5.41) is 3.41. The number of fused-ring (bicyclic) bond motifs is 1. The summed E-state index contributed by atoms with van der Waals surface area (Å²) < 4.78 is 28.0. The van der Waals surface area contributed by atoms with Crippen molar-refractivity contribution in [2.75, 3.05) is 12.4 Å². The van der Waals surface area contributed by atoms with Crippen molar-refractivity contribution in [3.63, 3.8) is 0 Å². The van der Waals surface area contributed by atoms with Gasteiger partial charge in [-0.2, -0.15) is 0 Å². The minimum Gasteiger partial charge on any atom is -0.386 e. The molecule has 1 N–H and O–H groups in total. The first kappa shape index (κ1) is 14.9. The highest BCUT2D eigenvalue weighted by molar-refractivity contribution is 7.92. The maximum absolute atomic E-state index is 13.1. The Hall–Kier alpha value is -1.98. The Morgan fingerprint density at radius 2 is 1.91 bits per heavy atom. The number of anilines is 1. The van der Waals surface area contributed by atoms with Crippen molar-refractivity contribution in [1.82, 2.24) is 4.40 Å². The number of nitrogens with zero attached hydrogens (tertiary/aromatic N) is 1. The van der Waals surface area contributed by atoms with Crippen LogP contribution in [0.1, 0.15) is 5.69 Å². The molecular weight excluding hydrogens is 320 g/mol. The number of pyridine rings is 1. The van der Waals surface area contributed by atoms with Crippen molar-refractivity contribution in [3.8, 4) is 0 Å². The molecule has 3 rings (SSSR count). The normalized spacial score (nSPS) is 11.8. The summed E-state index contributed by atoms with van der Waals surface area (Å²) in [5.41, 5.74) is 2.09. The molecule has 0 radical (unpaired) electrons. The summed E-state index contributed by atoms with van der Waals surface area (Å²) in [6, 6.07) is 11.8. The number of hydrogen-bond donors (Lipinski definition) is 1.